The summed E-state index contributed by atoms with van der Waals surface area (Å²) in [6, 6.07) is 7.01. The zero-order valence-electron chi connectivity index (χ0n) is 7.42. The van der Waals surface area contributed by atoms with Crippen molar-refractivity contribution in [1.29, 1.82) is 0 Å². The molecule has 0 spiro atoms. The maximum Gasteiger partial charge on any atom is 0.126 e. The van der Waals surface area contributed by atoms with Crippen molar-refractivity contribution in [3.8, 4) is 10.4 Å². The summed E-state index contributed by atoms with van der Waals surface area (Å²) in [6.07, 6.45) is 0. The van der Waals surface area contributed by atoms with Crippen LogP contribution in [-0.2, 0) is 0 Å². The van der Waals surface area contributed by atoms with E-state index in [-0.39, 0.29) is 5.82 Å². The van der Waals surface area contributed by atoms with Crippen LogP contribution in [0.25, 0.3) is 10.4 Å². The highest BCUT2D eigenvalue weighted by Gasteiger charge is 2.04. The monoisotopic (exact) mass is 271 g/mol. The first-order valence-electron chi connectivity index (χ1n) is 4.05. The Labute approximate surface area is 93.9 Å². The first kappa shape index (κ1) is 9.80. The van der Waals surface area contributed by atoms with Crippen LogP contribution in [-0.4, -0.2) is 4.37 Å². The SMILES string of the molecule is Cc1cc(-c2cc(Br)ns2)ccc1F. The molecule has 1 aromatic carbocycles. The van der Waals surface area contributed by atoms with E-state index in [1.165, 1.54) is 17.6 Å². The van der Waals surface area contributed by atoms with Gasteiger partial charge in [-0.15, -0.1) is 0 Å². The molecule has 1 aromatic heterocycles. The van der Waals surface area contributed by atoms with Crippen LogP contribution in [0.3, 0.4) is 0 Å². The molecule has 0 unspecified atom stereocenters. The fourth-order valence-electron chi connectivity index (χ4n) is 1.19. The van der Waals surface area contributed by atoms with E-state index >= 15 is 0 Å². The summed E-state index contributed by atoms with van der Waals surface area (Å²) >= 11 is 4.69. The Morgan fingerprint density at radius 1 is 1.36 bits per heavy atom. The van der Waals surface area contributed by atoms with Gasteiger partial charge in [0.25, 0.3) is 0 Å². The molecule has 14 heavy (non-hydrogen) atoms. The quantitative estimate of drug-likeness (QED) is 0.764. The Bertz CT molecular complexity index is 467. The Kier molecular flexibility index (Phi) is 2.65. The van der Waals surface area contributed by atoms with Gasteiger partial charge in [0.15, 0.2) is 0 Å². The number of hydrogen-bond donors (Lipinski definition) is 0. The molecular weight excluding hydrogens is 265 g/mol. The second kappa shape index (κ2) is 3.79. The molecule has 4 heteroatoms. The minimum Gasteiger partial charge on any atom is -0.207 e. The minimum absolute atomic E-state index is 0.169. The van der Waals surface area contributed by atoms with Gasteiger partial charge in [-0.2, -0.15) is 4.37 Å². The first-order chi connectivity index (χ1) is 6.66. The topological polar surface area (TPSA) is 12.9 Å². The van der Waals surface area contributed by atoms with Crippen LogP contribution >= 0.6 is 27.5 Å². The molecule has 2 rings (SSSR count). The van der Waals surface area contributed by atoms with E-state index in [0.717, 1.165) is 15.0 Å². The number of aryl methyl sites for hydroxylation is 1. The van der Waals surface area contributed by atoms with E-state index in [4.69, 9.17) is 0 Å². The van der Waals surface area contributed by atoms with Crippen LogP contribution in [0.4, 0.5) is 4.39 Å². The lowest BCUT2D eigenvalue weighted by molar-refractivity contribution is 0.619. The molecule has 0 saturated carbocycles. The molecule has 2 aromatic rings. The van der Waals surface area contributed by atoms with Crippen molar-refractivity contribution >= 4 is 27.5 Å². The second-order valence-electron chi connectivity index (χ2n) is 2.98. The molecule has 0 aliphatic rings. The summed E-state index contributed by atoms with van der Waals surface area (Å²) in [5.41, 5.74) is 1.67. The highest BCUT2D eigenvalue weighted by atomic mass is 79.9. The number of hydrogen-bond acceptors (Lipinski definition) is 2. The van der Waals surface area contributed by atoms with Crippen LogP contribution in [0.5, 0.6) is 0 Å². The zero-order chi connectivity index (χ0) is 10.1. The average molecular weight is 272 g/mol. The maximum absolute atomic E-state index is 13.0. The van der Waals surface area contributed by atoms with Gasteiger partial charge in [-0.1, -0.05) is 6.07 Å². The minimum atomic E-state index is -0.169. The van der Waals surface area contributed by atoms with E-state index in [2.05, 4.69) is 20.3 Å². The van der Waals surface area contributed by atoms with Gasteiger partial charge in [-0.3, -0.25) is 0 Å². The third-order valence-corrected chi connectivity index (χ3v) is 3.40. The van der Waals surface area contributed by atoms with Crippen molar-refractivity contribution in [1.82, 2.24) is 4.37 Å². The highest BCUT2D eigenvalue weighted by molar-refractivity contribution is 9.10. The van der Waals surface area contributed by atoms with E-state index in [1.54, 1.807) is 13.0 Å². The lowest BCUT2D eigenvalue weighted by Crippen LogP contribution is -1.81. The van der Waals surface area contributed by atoms with E-state index in [9.17, 15) is 4.39 Å². The summed E-state index contributed by atoms with van der Waals surface area (Å²) in [5.74, 6) is -0.169. The van der Waals surface area contributed by atoms with Crippen molar-refractivity contribution in [2.45, 2.75) is 6.92 Å². The predicted octanol–water partition coefficient (Wildman–Crippen LogP) is 4.02. The zero-order valence-corrected chi connectivity index (χ0v) is 9.82. The van der Waals surface area contributed by atoms with Gasteiger partial charge in [0.1, 0.15) is 10.4 Å². The average Bonchev–Trinajstić information content (AvgIpc) is 2.57. The van der Waals surface area contributed by atoms with E-state index < -0.39 is 0 Å². The molecule has 0 radical (unpaired) electrons. The fourth-order valence-corrected chi connectivity index (χ4v) is 2.42. The van der Waals surface area contributed by atoms with Crippen molar-refractivity contribution in [2.75, 3.05) is 0 Å². The lowest BCUT2D eigenvalue weighted by atomic mass is 10.1. The third kappa shape index (κ3) is 1.86. The molecule has 0 saturated heterocycles. The van der Waals surface area contributed by atoms with Crippen molar-refractivity contribution in [3.63, 3.8) is 0 Å². The largest absolute Gasteiger partial charge is 0.207 e. The highest BCUT2D eigenvalue weighted by Crippen LogP contribution is 2.28. The Balaban J connectivity index is 2.47. The van der Waals surface area contributed by atoms with Crippen LogP contribution in [0.1, 0.15) is 5.56 Å². The summed E-state index contributed by atoms with van der Waals surface area (Å²) in [7, 11) is 0. The normalized spacial score (nSPS) is 10.5. The number of rotatable bonds is 1. The van der Waals surface area contributed by atoms with Crippen molar-refractivity contribution in [3.05, 3.63) is 40.2 Å². The van der Waals surface area contributed by atoms with Gasteiger partial charge in [0.05, 0.1) is 4.88 Å². The van der Waals surface area contributed by atoms with Gasteiger partial charge in [0, 0.05) is 0 Å². The van der Waals surface area contributed by atoms with Crippen LogP contribution in [0, 0.1) is 12.7 Å². The maximum atomic E-state index is 13.0. The third-order valence-electron chi connectivity index (χ3n) is 1.92. The number of halogens is 2. The molecule has 1 nitrogen and oxygen atoms in total. The second-order valence-corrected chi connectivity index (χ2v) is 4.60. The molecule has 0 N–H and O–H groups in total. The lowest BCUT2D eigenvalue weighted by Gasteiger charge is -1.99. The fraction of sp³-hybridized carbons (Fsp3) is 0.100. The molecule has 0 bridgehead atoms. The predicted molar refractivity (Wildman–Crippen MR) is 59.9 cm³/mol. The standard InChI is InChI=1S/C10H7BrFNS/c1-6-4-7(2-3-8(6)12)9-5-10(11)13-14-9/h2-5H,1H3. The Hall–Kier alpha value is -0.740. The van der Waals surface area contributed by atoms with Crippen molar-refractivity contribution < 1.29 is 4.39 Å². The van der Waals surface area contributed by atoms with Gasteiger partial charge in [0.2, 0.25) is 0 Å². The number of benzene rings is 1. The molecule has 1 heterocycles. The summed E-state index contributed by atoms with van der Waals surface area (Å²) in [5, 5.41) is 0. The van der Waals surface area contributed by atoms with Gasteiger partial charge in [-0.25, -0.2) is 4.39 Å². The molecule has 0 fully saturated rings. The first-order valence-corrected chi connectivity index (χ1v) is 5.62. The van der Waals surface area contributed by atoms with Crippen LogP contribution in [0.2, 0.25) is 0 Å². The Morgan fingerprint density at radius 3 is 2.71 bits per heavy atom. The van der Waals surface area contributed by atoms with Gasteiger partial charge < -0.3 is 0 Å². The summed E-state index contributed by atoms with van der Waals surface area (Å²) < 4.78 is 17.9. The van der Waals surface area contributed by atoms with E-state index in [1.807, 2.05) is 12.1 Å². The molecule has 0 aliphatic carbocycles. The number of nitrogens with zero attached hydrogens (tertiary/aromatic N) is 1. The van der Waals surface area contributed by atoms with Gasteiger partial charge in [-0.05, 0) is 63.7 Å². The molecule has 0 amide bonds. The number of aromatic nitrogens is 1. The smallest absolute Gasteiger partial charge is 0.126 e. The molecular formula is C10H7BrFNS. The van der Waals surface area contributed by atoms with Gasteiger partial charge >= 0.3 is 0 Å². The summed E-state index contributed by atoms with van der Waals surface area (Å²) in [6.45, 7) is 1.76. The van der Waals surface area contributed by atoms with Crippen LogP contribution < -0.4 is 0 Å². The summed E-state index contributed by atoms with van der Waals surface area (Å²) in [4.78, 5) is 1.04. The molecule has 72 valence electrons. The molecule has 0 aliphatic heterocycles. The van der Waals surface area contributed by atoms with Crippen molar-refractivity contribution in [2.24, 2.45) is 0 Å². The Morgan fingerprint density at radius 2 is 2.14 bits per heavy atom. The van der Waals surface area contributed by atoms with E-state index in [0.29, 0.717) is 5.56 Å². The van der Waals surface area contributed by atoms with Crippen LogP contribution in [0.15, 0.2) is 28.9 Å². The molecule has 0 atom stereocenters.